The molecule has 2 rings (SSSR count). The minimum Gasteiger partial charge on any atom is -0.320 e. The maximum atomic E-state index is 5.92. The molecule has 0 atom stereocenters. The van der Waals surface area contributed by atoms with Crippen molar-refractivity contribution in [1.29, 1.82) is 0 Å². The summed E-state index contributed by atoms with van der Waals surface area (Å²) in [6.45, 7) is 1.92. The van der Waals surface area contributed by atoms with Crippen molar-refractivity contribution in [2.24, 2.45) is 5.73 Å². The zero-order valence-corrected chi connectivity index (χ0v) is 6.54. The molecule has 1 aromatic heterocycles. The number of rotatable bonds is 1. The van der Waals surface area contributed by atoms with Gasteiger partial charge in [-0.3, -0.25) is 9.97 Å². The van der Waals surface area contributed by atoms with Crippen LogP contribution in [0, 0.1) is 6.92 Å². The molecule has 1 heterocycles. The first-order chi connectivity index (χ1) is 5.21. The van der Waals surface area contributed by atoms with Crippen molar-refractivity contribution in [3.8, 4) is 0 Å². The summed E-state index contributed by atoms with van der Waals surface area (Å²) in [7, 11) is 0. The summed E-state index contributed by atoms with van der Waals surface area (Å²) in [6, 6.07) is 0. The number of aromatic nitrogens is 2. The summed E-state index contributed by atoms with van der Waals surface area (Å²) in [5.74, 6) is 0. The fourth-order valence-electron chi connectivity index (χ4n) is 1.04. The third-order valence-electron chi connectivity index (χ3n) is 2.08. The van der Waals surface area contributed by atoms with Crippen molar-refractivity contribution >= 4 is 0 Å². The molecule has 0 unspecified atom stereocenters. The van der Waals surface area contributed by atoms with Gasteiger partial charge in [-0.15, -0.1) is 0 Å². The van der Waals surface area contributed by atoms with E-state index in [1.165, 1.54) is 0 Å². The maximum absolute atomic E-state index is 5.92. The van der Waals surface area contributed by atoms with Gasteiger partial charge in [-0.2, -0.15) is 0 Å². The van der Waals surface area contributed by atoms with Crippen LogP contribution in [0.4, 0.5) is 0 Å². The monoisotopic (exact) mass is 149 g/mol. The molecule has 3 heteroatoms. The van der Waals surface area contributed by atoms with Gasteiger partial charge in [0.2, 0.25) is 0 Å². The Morgan fingerprint density at radius 2 is 2.09 bits per heavy atom. The van der Waals surface area contributed by atoms with E-state index in [-0.39, 0.29) is 5.54 Å². The fourth-order valence-corrected chi connectivity index (χ4v) is 1.04. The van der Waals surface area contributed by atoms with E-state index >= 15 is 0 Å². The molecule has 2 N–H and O–H groups in total. The quantitative estimate of drug-likeness (QED) is 0.640. The molecule has 1 fully saturated rings. The lowest BCUT2D eigenvalue weighted by atomic mass is 10.2. The van der Waals surface area contributed by atoms with E-state index in [1.54, 1.807) is 12.4 Å². The second kappa shape index (κ2) is 2.01. The molecule has 1 saturated carbocycles. The number of hydrogen-bond donors (Lipinski definition) is 1. The van der Waals surface area contributed by atoms with Crippen LogP contribution in [-0.2, 0) is 5.54 Å². The van der Waals surface area contributed by atoms with Gasteiger partial charge < -0.3 is 5.73 Å². The minimum atomic E-state index is -0.138. The van der Waals surface area contributed by atoms with E-state index in [0.717, 1.165) is 24.2 Å². The molecule has 1 aliphatic rings. The van der Waals surface area contributed by atoms with Gasteiger partial charge >= 0.3 is 0 Å². The van der Waals surface area contributed by atoms with Gasteiger partial charge in [0.15, 0.2) is 0 Å². The van der Waals surface area contributed by atoms with Gasteiger partial charge in [-0.05, 0) is 19.8 Å². The third kappa shape index (κ3) is 1.12. The SMILES string of the molecule is Cc1cnc(C2(N)CC2)cn1. The molecule has 0 saturated heterocycles. The molecule has 0 aromatic carbocycles. The van der Waals surface area contributed by atoms with Gasteiger partial charge in [-0.1, -0.05) is 0 Å². The predicted molar refractivity (Wildman–Crippen MR) is 41.9 cm³/mol. The topological polar surface area (TPSA) is 51.8 Å². The molecule has 1 aromatic rings. The van der Waals surface area contributed by atoms with Crippen molar-refractivity contribution in [1.82, 2.24) is 9.97 Å². The third-order valence-corrected chi connectivity index (χ3v) is 2.08. The Bertz CT molecular complexity index is 261. The molecular weight excluding hydrogens is 138 g/mol. The summed E-state index contributed by atoms with van der Waals surface area (Å²) < 4.78 is 0. The first kappa shape index (κ1) is 6.73. The molecule has 0 aliphatic heterocycles. The van der Waals surface area contributed by atoms with Crippen molar-refractivity contribution in [2.45, 2.75) is 25.3 Å². The Balaban J connectivity index is 2.33. The van der Waals surface area contributed by atoms with Crippen LogP contribution in [-0.4, -0.2) is 9.97 Å². The molecule has 0 amide bonds. The van der Waals surface area contributed by atoms with Gasteiger partial charge in [-0.25, -0.2) is 0 Å². The fraction of sp³-hybridized carbons (Fsp3) is 0.500. The lowest BCUT2D eigenvalue weighted by Gasteiger charge is -2.05. The standard InChI is InChI=1S/C8H11N3/c1-6-4-11-7(5-10-6)8(9)2-3-8/h4-5H,2-3,9H2,1H3. The first-order valence-electron chi connectivity index (χ1n) is 3.79. The van der Waals surface area contributed by atoms with Crippen LogP contribution in [0.15, 0.2) is 12.4 Å². The average Bonchev–Trinajstić information content (AvgIpc) is 2.70. The smallest absolute Gasteiger partial charge is 0.0785 e. The number of hydrogen-bond acceptors (Lipinski definition) is 3. The van der Waals surface area contributed by atoms with Gasteiger partial charge in [0, 0.05) is 6.20 Å². The first-order valence-corrected chi connectivity index (χ1v) is 3.79. The second-order valence-corrected chi connectivity index (χ2v) is 3.20. The Morgan fingerprint density at radius 3 is 2.55 bits per heavy atom. The molecule has 0 bridgehead atoms. The molecule has 3 nitrogen and oxygen atoms in total. The van der Waals surface area contributed by atoms with Gasteiger partial charge in [0.05, 0.1) is 23.1 Å². The number of aryl methyl sites for hydroxylation is 1. The summed E-state index contributed by atoms with van der Waals surface area (Å²) in [4.78, 5) is 8.37. The summed E-state index contributed by atoms with van der Waals surface area (Å²) in [5.41, 5.74) is 7.65. The summed E-state index contributed by atoms with van der Waals surface area (Å²) in [5, 5.41) is 0. The van der Waals surface area contributed by atoms with Crippen LogP contribution >= 0.6 is 0 Å². The summed E-state index contributed by atoms with van der Waals surface area (Å²) >= 11 is 0. The average molecular weight is 149 g/mol. The Hall–Kier alpha value is -0.960. The summed E-state index contributed by atoms with van der Waals surface area (Å²) in [6.07, 6.45) is 5.64. The van der Waals surface area contributed by atoms with E-state index in [1.807, 2.05) is 6.92 Å². The molecule has 0 spiro atoms. The number of nitrogens with two attached hydrogens (primary N) is 1. The zero-order valence-electron chi connectivity index (χ0n) is 6.54. The van der Waals surface area contributed by atoms with E-state index in [0.29, 0.717) is 0 Å². The number of nitrogens with zero attached hydrogens (tertiary/aromatic N) is 2. The van der Waals surface area contributed by atoms with E-state index < -0.39 is 0 Å². The van der Waals surface area contributed by atoms with E-state index in [4.69, 9.17) is 5.73 Å². The van der Waals surface area contributed by atoms with Crippen molar-refractivity contribution in [2.75, 3.05) is 0 Å². The van der Waals surface area contributed by atoms with Crippen LogP contribution < -0.4 is 5.73 Å². The molecule has 0 radical (unpaired) electrons. The van der Waals surface area contributed by atoms with Gasteiger partial charge in [0.1, 0.15) is 0 Å². The Morgan fingerprint density at radius 1 is 1.36 bits per heavy atom. The highest BCUT2D eigenvalue weighted by atomic mass is 14.9. The lowest BCUT2D eigenvalue weighted by molar-refractivity contribution is 0.699. The molecule has 1 aliphatic carbocycles. The van der Waals surface area contributed by atoms with Crippen molar-refractivity contribution in [3.05, 3.63) is 23.8 Å². The second-order valence-electron chi connectivity index (χ2n) is 3.20. The Kier molecular flexibility index (Phi) is 1.23. The normalized spacial score (nSPS) is 19.8. The zero-order chi connectivity index (χ0) is 7.90. The highest BCUT2D eigenvalue weighted by Crippen LogP contribution is 2.40. The Labute approximate surface area is 65.7 Å². The highest BCUT2D eigenvalue weighted by molar-refractivity contribution is 5.19. The lowest BCUT2D eigenvalue weighted by Crippen LogP contribution is -2.20. The van der Waals surface area contributed by atoms with E-state index in [9.17, 15) is 0 Å². The van der Waals surface area contributed by atoms with Crippen LogP contribution in [0.2, 0.25) is 0 Å². The van der Waals surface area contributed by atoms with Crippen LogP contribution in [0.1, 0.15) is 24.2 Å². The molecule has 11 heavy (non-hydrogen) atoms. The van der Waals surface area contributed by atoms with Crippen LogP contribution in [0.3, 0.4) is 0 Å². The van der Waals surface area contributed by atoms with Crippen LogP contribution in [0.5, 0.6) is 0 Å². The molecule has 58 valence electrons. The van der Waals surface area contributed by atoms with Crippen molar-refractivity contribution < 1.29 is 0 Å². The minimum absolute atomic E-state index is 0.138. The highest BCUT2D eigenvalue weighted by Gasteiger charge is 2.41. The predicted octanol–water partition coefficient (Wildman–Crippen LogP) is 0.733. The van der Waals surface area contributed by atoms with Crippen LogP contribution in [0.25, 0.3) is 0 Å². The maximum Gasteiger partial charge on any atom is 0.0785 e. The van der Waals surface area contributed by atoms with E-state index in [2.05, 4.69) is 9.97 Å². The van der Waals surface area contributed by atoms with Crippen molar-refractivity contribution in [3.63, 3.8) is 0 Å². The van der Waals surface area contributed by atoms with Gasteiger partial charge in [0.25, 0.3) is 0 Å². The largest absolute Gasteiger partial charge is 0.320 e. The molecular formula is C8H11N3.